The Morgan fingerprint density at radius 1 is 1.15 bits per heavy atom. The number of nitrogens with one attached hydrogen (secondary N) is 1. The molecule has 0 saturated heterocycles. The first-order valence-corrected chi connectivity index (χ1v) is 7.77. The van der Waals surface area contributed by atoms with Gasteiger partial charge in [-0.1, -0.05) is 35.3 Å². The number of thioether (sulfide) groups is 1. The summed E-state index contributed by atoms with van der Waals surface area (Å²) in [4.78, 5) is 13.1. The molecule has 20 heavy (non-hydrogen) atoms. The minimum absolute atomic E-state index is 0.0107. The zero-order valence-electron chi connectivity index (χ0n) is 10.4. The highest BCUT2D eigenvalue weighted by Gasteiger charge is 2.25. The van der Waals surface area contributed by atoms with E-state index in [1.165, 1.54) is 0 Å². The summed E-state index contributed by atoms with van der Waals surface area (Å²) in [6.07, 6.45) is 0.374. The van der Waals surface area contributed by atoms with Crippen LogP contribution in [0.15, 0.2) is 47.4 Å². The van der Waals surface area contributed by atoms with Crippen molar-refractivity contribution < 1.29 is 4.79 Å². The Bertz CT molecular complexity index is 675. The molecular formula is C15H11Cl2NOS. The highest BCUT2D eigenvalue weighted by molar-refractivity contribution is 7.99. The maximum Gasteiger partial charge on any atom is 0.225 e. The Kier molecular flexibility index (Phi) is 3.92. The van der Waals surface area contributed by atoms with Gasteiger partial charge in [0.05, 0.1) is 5.69 Å². The Morgan fingerprint density at radius 3 is 2.80 bits per heavy atom. The van der Waals surface area contributed by atoms with Crippen LogP contribution in [0, 0.1) is 0 Å². The lowest BCUT2D eigenvalue weighted by Crippen LogP contribution is -2.12. The molecule has 0 bridgehead atoms. The van der Waals surface area contributed by atoms with E-state index < -0.39 is 0 Å². The highest BCUT2D eigenvalue weighted by Crippen LogP contribution is 2.45. The molecular weight excluding hydrogens is 313 g/mol. The quantitative estimate of drug-likeness (QED) is 0.784. The molecule has 1 heterocycles. The standard InChI is InChI=1S/C15H11Cl2NOS/c16-9-5-6-11(17)10(7-9)14-8-15(19)18-12-3-1-2-4-13(12)20-14/h1-7,14H,8H2,(H,18,19)/t14-/m0/s1. The van der Waals surface area contributed by atoms with Gasteiger partial charge < -0.3 is 5.32 Å². The monoisotopic (exact) mass is 323 g/mol. The molecule has 1 amide bonds. The molecule has 0 spiro atoms. The van der Waals surface area contributed by atoms with Crippen LogP contribution in [0.2, 0.25) is 10.0 Å². The molecule has 5 heteroatoms. The molecule has 3 rings (SSSR count). The molecule has 0 unspecified atom stereocenters. The normalized spacial score (nSPS) is 18.1. The molecule has 1 aliphatic rings. The average molecular weight is 324 g/mol. The second-order valence-electron chi connectivity index (χ2n) is 4.52. The summed E-state index contributed by atoms with van der Waals surface area (Å²) in [7, 11) is 0. The van der Waals surface area contributed by atoms with E-state index in [-0.39, 0.29) is 11.2 Å². The minimum Gasteiger partial charge on any atom is -0.325 e. The van der Waals surface area contributed by atoms with Crippen molar-refractivity contribution in [3.63, 3.8) is 0 Å². The second kappa shape index (κ2) is 5.68. The number of hydrogen-bond donors (Lipinski definition) is 1. The van der Waals surface area contributed by atoms with E-state index in [0.29, 0.717) is 16.5 Å². The number of para-hydroxylation sites is 1. The summed E-state index contributed by atoms with van der Waals surface area (Å²) in [5.74, 6) is -0.0107. The van der Waals surface area contributed by atoms with Gasteiger partial charge in [0.15, 0.2) is 0 Å². The Labute approximate surface area is 131 Å². The molecule has 0 fully saturated rings. The van der Waals surface area contributed by atoms with Gasteiger partial charge in [-0.2, -0.15) is 0 Å². The lowest BCUT2D eigenvalue weighted by molar-refractivity contribution is -0.116. The minimum atomic E-state index is -0.0372. The second-order valence-corrected chi connectivity index (χ2v) is 6.61. The van der Waals surface area contributed by atoms with Crippen molar-refractivity contribution in [1.29, 1.82) is 0 Å². The van der Waals surface area contributed by atoms with Crippen molar-refractivity contribution >= 4 is 46.6 Å². The maximum absolute atomic E-state index is 12.0. The summed E-state index contributed by atoms with van der Waals surface area (Å²) in [5, 5.41) is 4.15. The molecule has 0 aromatic heterocycles. The van der Waals surface area contributed by atoms with E-state index in [1.54, 1.807) is 23.9 Å². The van der Waals surface area contributed by atoms with E-state index >= 15 is 0 Å². The number of hydrogen-bond acceptors (Lipinski definition) is 2. The number of rotatable bonds is 1. The van der Waals surface area contributed by atoms with Crippen LogP contribution in [0.1, 0.15) is 17.2 Å². The number of carbonyl (C=O) groups is 1. The number of anilines is 1. The number of fused-ring (bicyclic) bond motifs is 1. The molecule has 2 nitrogen and oxygen atoms in total. The third-order valence-corrected chi connectivity index (χ3v) is 5.00. The lowest BCUT2D eigenvalue weighted by atomic mass is 10.1. The number of carbonyl (C=O) groups excluding carboxylic acids is 1. The third kappa shape index (κ3) is 2.80. The summed E-state index contributed by atoms with van der Waals surface area (Å²) in [5.41, 5.74) is 1.75. The topological polar surface area (TPSA) is 29.1 Å². The lowest BCUT2D eigenvalue weighted by Gasteiger charge is -2.15. The zero-order valence-corrected chi connectivity index (χ0v) is 12.7. The Hall–Kier alpha value is -1.16. The molecule has 2 aromatic carbocycles. The van der Waals surface area contributed by atoms with E-state index in [1.807, 2.05) is 30.3 Å². The van der Waals surface area contributed by atoms with Crippen LogP contribution in [-0.4, -0.2) is 5.91 Å². The van der Waals surface area contributed by atoms with Gasteiger partial charge in [-0.3, -0.25) is 4.79 Å². The average Bonchev–Trinajstić information content (AvgIpc) is 2.59. The van der Waals surface area contributed by atoms with Crippen molar-refractivity contribution in [1.82, 2.24) is 0 Å². The van der Waals surface area contributed by atoms with E-state index in [2.05, 4.69) is 5.32 Å². The van der Waals surface area contributed by atoms with Gasteiger partial charge in [0, 0.05) is 26.6 Å². The number of amides is 1. The first-order chi connectivity index (χ1) is 9.63. The molecule has 1 aliphatic heterocycles. The van der Waals surface area contributed by atoms with Gasteiger partial charge in [0.1, 0.15) is 0 Å². The van der Waals surface area contributed by atoms with Crippen LogP contribution in [0.25, 0.3) is 0 Å². The molecule has 0 radical (unpaired) electrons. The third-order valence-electron chi connectivity index (χ3n) is 3.11. The number of halogens is 2. The summed E-state index contributed by atoms with van der Waals surface area (Å²) in [6.45, 7) is 0. The van der Waals surface area contributed by atoms with E-state index in [9.17, 15) is 4.79 Å². The smallest absolute Gasteiger partial charge is 0.225 e. The predicted molar refractivity (Wildman–Crippen MR) is 84.7 cm³/mol. The molecule has 0 aliphatic carbocycles. The fourth-order valence-corrected chi connectivity index (χ4v) is 3.93. The maximum atomic E-state index is 12.0. The molecule has 1 N–H and O–H groups in total. The van der Waals surface area contributed by atoms with Crippen molar-refractivity contribution in [2.24, 2.45) is 0 Å². The van der Waals surface area contributed by atoms with Gasteiger partial charge in [-0.15, -0.1) is 11.8 Å². The van der Waals surface area contributed by atoms with Crippen molar-refractivity contribution in [2.45, 2.75) is 16.6 Å². The van der Waals surface area contributed by atoms with E-state index in [0.717, 1.165) is 16.1 Å². The zero-order chi connectivity index (χ0) is 14.1. The molecule has 1 atom stereocenters. The molecule has 0 saturated carbocycles. The largest absolute Gasteiger partial charge is 0.325 e. The SMILES string of the molecule is O=C1C[C@@H](c2cc(Cl)ccc2Cl)Sc2ccccc2N1. The van der Waals surface area contributed by atoms with Crippen LogP contribution in [-0.2, 0) is 4.79 Å². The van der Waals surface area contributed by atoms with Gasteiger partial charge >= 0.3 is 0 Å². The molecule has 2 aromatic rings. The van der Waals surface area contributed by atoms with Crippen LogP contribution >= 0.6 is 35.0 Å². The summed E-state index contributed by atoms with van der Waals surface area (Å²) in [6, 6.07) is 13.1. The summed E-state index contributed by atoms with van der Waals surface area (Å²) >= 11 is 13.9. The Balaban J connectivity index is 2.02. The van der Waals surface area contributed by atoms with Crippen molar-refractivity contribution in [3.05, 3.63) is 58.1 Å². The van der Waals surface area contributed by atoms with Crippen molar-refractivity contribution in [3.8, 4) is 0 Å². The Morgan fingerprint density at radius 2 is 1.95 bits per heavy atom. The first kappa shape index (κ1) is 13.8. The van der Waals surface area contributed by atoms with Crippen LogP contribution in [0.4, 0.5) is 5.69 Å². The van der Waals surface area contributed by atoms with Crippen LogP contribution in [0.3, 0.4) is 0 Å². The number of benzene rings is 2. The van der Waals surface area contributed by atoms with Crippen LogP contribution < -0.4 is 5.32 Å². The predicted octanol–water partition coefficient (Wildman–Crippen LogP) is 5.17. The van der Waals surface area contributed by atoms with Gasteiger partial charge in [0.2, 0.25) is 5.91 Å². The highest BCUT2D eigenvalue weighted by atomic mass is 35.5. The van der Waals surface area contributed by atoms with Gasteiger partial charge in [-0.25, -0.2) is 0 Å². The van der Waals surface area contributed by atoms with Gasteiger partial charge in [-0.05, 0) is 35.9 Å². The molecule has 102 valence electrons. The fourth-order valence-electron chi connectivity index (χ4n) is 2.17. The van der Waals surface area contributed by atoms with E-state index in [4.69, 9.17) is 23.2 Å². The van der Waals surface area contributed by atoms with Gasteiger partial charge in [0.25, 0.3) is 0 Å². The fraction of sp³-hybridized carbons (Fsp3) is 0.133. The summed E-state index contributed by atoms with van der Waals surface area (Å²) < 4.78 is 0. The first-order valence-electron chi connectivity index (χ1n) is 6.14. The van der Waals surface area contributed by atoms with Crippen molar-refractivity contribution in [2.75, 3.05) is 5.32 Å². The van der Waals surface area contributed by atoms with Crippen LogP contribution in [0.5, 0.6) is 0 Å².